The van der Waals surface area contributed by atoms with Gasteiger partial charge in [0.2, 0.25) is 0 Å². The maximum Gasteiger partial charge on any atom is 0.330 e. The second-order valence-electron chi connectivity index (χ2n) is 6.31. The molecule has 1 aliphatic rings. The molecule has 1 aromatic heterocycles. The molecule has 1 fully saturated rings. The van der Waals surface area contributed by atoms with Gasteiger partial charge in [-0.15, -0.1) is 11.6 Å². The van der Waals surface area contributed by atoms with Crippen LogP contribution in [-0.4, -0.2) is 51.7 Å². The Morgan fingerprint density at radius 3 is 2.75 bits per heavy atom. The van der Waals surface area contributed by atoms with Gasteiger partial charge < -0.3 is 9.26 Å². The van der Waals surface area contributed by atoms with E-state index in [1.165, 1.54) is 10.8 Å². The molecule has 1 aliphatic heterocycles. The summed E-state index contributed by atoms with van der Waals surface area (Å²) in [6.45, 7) is 6.15. The summed E-state index contributed by atoms with van der Waals surface area (Å²) >= 11 is 5.89. The van der Waals surface area contributed by atoms with E-state index in [0.717, 1.165) is 0 Å². The van der Waals surface area contributed by atoms with E-state index in [1.807, 2.05) is 13.8 Å². The first kappa shape index (κ1) is 22.7. The summed E-state index contributed by atoms with van der Waals surface area (Å²) in [7, 11) is -3.26. The number of aryl methyl sites for hydroxylation is 1. The first-order valence-electron chi connectivity index (χ1n) is 8.86. The molecule has 2 heterocycles. The molecule has 0 bridgehead atoms. The Morgan fingerprint density at radius 2 is 2.18 bits per heavy atom. The summed E-state index contributed by atoms with van der Waals surface area (Å²) in [5, 5.41) is 3.71. The lowest BCUT2D eigenvalue weighted by atomic mass is 10.1. The molecule has 0 saturated carbocycles. The summed E-state index contributed by atoms with van der Waals surface area (Å²) in [5.41, 5.74) is 7.89. The van der Waals surface area contributed by atoms with Crippen molar-refractivity contribution >= 4 is 19.1 Å². The number of alkyl halides is 1. The fourth-order valence-electron chi connectivity index (χ4n) is 3.06. The SMILES string of the molecule is CCN(CC)P(=O)(CCl)OC[C@H]1O[C@@H](n2cc(C)c(=O)[nH]c2=O)C[C@@H]1N=[N+]=[N-]. The summed E-state index contributed by atoms with van der Waals surface area (Å²) in [6, 6.07) is -0.630. The second kappa shape index (κ2) is 9.73. The summed E-state index contributed by atoms with van der Waals surface area (Å²) in [5.74, 6) is 0. The zero-order valence-electron chi connectivity index (χ0n) is 15.9. The Kier molecular flexibility index (Phi) is 7.88. The number of azide groups is 1. The highest BCUT2D eigenvalue weighted by atomic mass is 35.5. The maximum atomic E-state index is 13.0. The van der Waals surface area contributed by atoms with Crippen molar-refractivity contribution in [3.8, 4) is 0 Å². The van der Waals surface area contributed by atoms with E-state index in [0.29, 0.717) is 18.7 Å². The molecule has 0 spiro atoms. The van der Waals surface area contributed by atoms with Gasteiger partial charge in [-0.3, -0.25) is 18.9 Å². The highest BCUT2D eigenvalue weighted by Gasteiger charge is 2.39. The monoisotopic (exact) mass is 434 g/mol. The van der Waals surface area contributed by atoms with Crippen LogP contribution in [0.25, 0.3) is 10.4 Å². The van der Waals surface area contributed by atoms with Gasteiger partial charge in [-0.1, -0.05) is 19.0 Å². The number of hydrogen-bond acceptors (Lipinski definition) is 6. The third kappa shape index (κ3) is 4.86. The zero-order chi connectivity index (χ0) is 20.9. The lowest BCUT2D eigenvalue weighted by Gasteiger charge is -2.29. The smallest absolute Gasteiger partial charge is 0.330 e. The number of halogens is 1. The van der Waals surface area contributed by atoms with Gasteiger partial charge in [0.05, 0.1) is 18.8 Å². The van der Waals surface area contributed by atoms with Gasteiger partial charge in [-0.05, 0) is 12.5 Å². The number of aromatic nitrogens is 2. The van der Waals surface area contributed by atoms with E-state index in [9.17, 15) is 14.2 Å². The number of H-pyrrole nitrogens is 1. The highest BCUT2D eigenvalue weighted by molar-refractivity contribution is 7.58. The Hall–Kier alpha value is -1.61. The molecule has 1 unspecified atom stereocenters. The van der Waals surface area contributed by atoms with Crippen LogP contribution in [0.15, 0.2) is 20.9 Å². The van der Waals surface area contributed by atoms with Crippen LogP contribution in [0, 0.1) is 6.92 Å². The predicted molar refractivity (Wildman–Crippen MR) is 105 cm³/mol. The molecule has 156 valence electrons. The standard InChI is InChI=1S/C15H24ClN6O5P/c1-4-21(5-2)28(25,9-16)26-8-12-11(19-20-17)6-13(27-12)22-7-10(3)14(23)18-15(22)24/h7,11-13H,4-6,8-9H2,1-3H3,(H,18,23,24)/t11-,12+,13+,28?/m0/s1. The largest absolute Gasteiger partial charge is 0.352 e. The Morgan fingerprint density at radius 1 is 1.50 bits per heavy atom. The molecule has 0 amide bonds. The minimum Gasteiger partial charge on any atom is -0.352 e. The minimum atomic E-state index is -3.26. The lowest BCUT2D eigenvalue weighted by Crippen LogP contribution is -2.33. The Bertz CT molecular complexity index is 894. The first-order valence-corrected chi connectivity index (χ1v) is 11.2. The van der Waals surface area contributed by atoms with Gasteiger partial charge in [0.25, 0.3) is 13.1 Å². The average molecular weight is 435 g/mol. The molecular formula is C15H24ClN6O5P. The fourth-order valence-corrected chi connectivity index (χ4v) is 5.35. The van der Waals surface area contributed by atoms with Crippen molar-refractivity contribution in [3.63, 3.8) is 0 Å². The van der Waals surface area contributed by atoms with E-state index in [2.05, 4.69) is 15.0 Å². The number of ether oxygens (including phenoxy) is 1. The number of hydrogen-bond donors (Lipinski definition) is 1. The molecule has 1 N–H and O–H groups in total. The molecule has 11 nitrogen and oxygen atoms in total. The quantitative estimate of drug-likeness (QED) is 0.208. The normalized spacial score (nSPS) is 24.1. The van der Waals surface area contributed by atoms with Crippen LogP contribution in [-0.2, 0) is 13.8 Å². The fraction of sp³-hybridized carbons (Fsp3) is 0.733. The number of nitrogens with one attached hydrogen (secondary N) is 1. The third-order valence-corrected chi connectivity index (χ3v) is 7.80. The van der Waals surface area contributed by atoms with E-state index in [1.54, 1.807) is 11.6 Å². The van der Waals surface area contributed by atoms with Gasteiger partial charge in [-0.25, -0.2) is 9.46 Å². The Balaban J connectivity index is 2.21. The maximum absolute atomic E-state index is 13.0. The zero-order valence-corrected chi connectivity index (χ0v) is 17.6. The van der Waals surface area contributed by atoms with E-state index >= 15 is 0 Å². The topological polar surface area (TPSA) is 142 Å². The molecular weight excluding hydrogens is 411 g/mol. The van der Waals surface area contributed by atoms with Crippen LogP contribution >= 0.6 is 19.1 Å². The first-order chi connectivity index (χ1) is 13.3. The number of rotatable bonds is 9. The van der Waals surface area contributed by atoms with Crippen molar-refractivity contribution in [1.29, 1.82) is 0 Å². The number of nitrogens with zero attached hydrogens (tertiary/aromatic N) is 5. The van der Waals surface area contributed by atoms with Crippen LogP contribution in [0.3, 0.4) is 0 Å². The van der Waals surface area contributed by atoms with Crippen molar-refractivity contribution in [2.75, 3.05) is 25.3 Å². The predicted octanol–water partition coefficient (Wildman–Crippen LogP) is 2.56. The van der Waals surface area contributed by atoms with Crippen molar-refractivity contribution in [3.05, 3.63) is 43.0 Å². The highest BCUT2D eigenvalue weighted by Crippen LogP contribution is 2.52. The van der Waals surface area contributed by atoms with Gasteiger partial charge in [0.1, 0.15) is 11.8 Å². The minimum absolute atomic E-state index is 0.113. The molecule has 0 radical (unpaired) electrons. The molecule has 1 saturated heterocycles. The third-order valence-electron chi connectivity index (χ3n) is 4.61. The van der Waals surface area contributed by atoms with Crippen LogP contribution in [0.5, 0.6) is 0 Å². The molecule has 28 heavy (non-hydrogen) atoms. The van der Waals surface area contributed by atoms with Crippen LogP contribution in [0.1, 0.15) is 32.1 Å². The van der Waals surface area contributed by atoms with Gasteiger partial charge in [0.15, 0.2) is 0 Å². The molecule has 13 heteroatoms. The molecule has 0 aromatic carbocycles. The van der Waals surface area contributed by atoms with Crippen LogP contribution < -0.4 is 11.2 Å². The van der Waals surface area contributed by atoms with Crippen LogP contribution in [0.4, 0.5) is 0 Å². The van der Waals surface area contributed by atoms with Gasteiger partial charge in [0, 0.05) is 36.2 Å². The average Bonchev–Trinajstić information content (AvgIpc) is 3.07. The summed E-state index contributed by atoms with van der Waals surface area (Å²) < 4.78 is 27.3. The number of aromatic amines is 1. The summed E-state index contributed by atoms with van der Waals surface area (Å²) in [6.07, 6.45) is 0.130. The molecule has 4 atom stereocenters. The van der Waals surface area contributed by atoms with Crippen molar-refractivity contribution in [1.82, 2.24) is 14.2 Å². The second-order valence-corrected chi connectivity index (χ2v) is 9.36. The van der Waals surface area contributed by atoms with E-state index in [-0.39, 0.29) is 18.6 Å². The van der Waals surface area contributed by atoms with E-state index in [4.69, 9.17) is 26.4 Å². The molecule has 1 aromatic rings. The van der Waals surface area contributed by atoms with Crippen molar-refractivity contribution in [2.24, 2.45) is 5.11 Å². The molecule has 0 aliphatic carbocycles. The summed E-state index contributed by atoms with van der Waals surface area (Å²) in [4.78, 5) is 28.7. The lowest BCUT2D eigenvalue weighted by molar-refractivity contribution is -0.0232. The Labute approximate surface area is 166 Å². The van der Waals surface area contributed by atoms with Crippen molar-refractivity contribution < 1.29 is 13.8 Å². The van der Waals surface area contributed by atoms with Gasteiger partial charge >= 0.3 is 5.69 Å². The van der Waals surface area contributed by atoms with Gasteiger partial charge in [-0.2, -0.15) is 0 Å². The van der Waals surface area contributed by atoms with Crippen LogP contribution in [0.2, 0.25) is 0 Å². The van der Waals surface area contributed by atoms with E-state index < -0.39 is 37.1 Å². The van der Waals surface area contributed by atoms with Crippen molar-refractivity contribution in [2.45, 2.75) is 45.6 Å². The molecule has 2 rings (SSSR count).